The topological polar surface area (TPSA) is 93.6 Å². The van der Waals surface area contributed by atoms with E-state index in [9.17, 15) is 26.8 Å². The van der Waals surface area contributed by atoms with Gasteiger partial charge in [-0.2, -0.15) is 8.78 Å². The Morgan fingerprint density at radius 1 is 1.20 bits per heavy atom. The fraction of sp³-hybridized carbons (Fsp3) is 0.632. The predicted octanol–water partition coefficient (Wildman–Crippen LogP) is 2.90. The molecule has 1 saturated heterocycles. The maximum absolute atomic E-state index is 13.0. The van der Waals surface area contributed by atoms with E-state index >= 15 is 0 Å². The van der Waals surface area contributed by atoms with Crippen LogP contribution in [0.3, 0.4) is 0 Å². The van der Waals surface area contributed by atoms with Crippen LogP contribution in [0.25, 0.3) is 0 Å². The number of thioether (sulfide) groups is 1. The standard InChI is InChI=1S/C19H24F2N2O5S2/c20-19(21)29-17-15(7-4-9-22-17)18(25)28-11-16(24)23(13-5-2-1-3-6-13)14-8-10-30(26,27)12-14/h4,7,9,13-14,19H,1-3,5-6,8,10-12H2. The highest BCUT2D eigenvalue weighted by Gasteiger charge is 2.38. The molecular weight excluding hydrogens is 438 g/mol. The van der Waals surface area contributed by atoms with Gasteiger partial charge in [-0.25, -0.2) is 18.2 Å². The summed E-state index contributed by atoms with van der Waals surface area (Å²) in [6.45, 7) is -0.570. The molecular formula is C19H24F2N2O5S2. The molecule has 30 heavy (non-hydrogen) atoms. The third-order valence-electron chi connectivity index (χ3n) is 5.38. The van der Waals surface area contributed by atoms with Gasteiger partial charge in [-0.3, -0.25) is 4.79 Å². The van der Waals surface area contributed by atoms with Crippen LogP contribution in [0.4, 0.5) is 8.78 Å². The van der Waals surface area contributed by atoms with E-state index in [4.69, 9.17) is 4.74 Å². The van der Waals surface area contributed by atoms with Gasteiger partial charge in [-0.05, 0) is 43.2 Å². The molecule has 1 aromatic rings. The molecule has 2 fully saturated rings. The zero-order chi connectivity index (χ0) is 21.7. The Bertz CT molecular complexity index is 875. The van der Waals surface area contributed by atoms with Gasteiger partial charge in [-0.15, -0.1) is 0 Å². The normalized spacial score (nSPS) is 21.5. The Morgan fingerprint density at radius 2 is 1.93 bits per heavy atom. The third kappa shape index (κ3) is 5.90. The first-order valence-corrected chi connectivity index (χ1v) is 12.6. The summed E-state index contributed by atoms with van der Waals surface area (Å²) < 4.78 is 54.4. The summed E-state index contributed by atoms with van der Waals surface area (Å²) in [4.78, 5) is 30.7. The molecule has 1 amide bonds. The van der Waals surface area contributed by atoms with Crippen LogP contribution in [0.15, 0.2) is 23.4 Å². The molecule has 1 aliphatic heterocycles. The van der Waals surface area contributed by atoms with E-state index in [0.717, 1.165) is 32.1 Å². The largest absolute Gasteiger partial charge is 0.452 e. The number of rotatable bonds is 7. The van der Waals surface area contributed by atoms with Crippen LogP contribution in [0, 0.1) is 0 Å². The zero-order valence-electron chi connectivity index (χ0n) is 16.3. The molecule has 2 aliphatic rings. The highest BCUT2D eigenvalue weighted by atomic mass is 32.2. The van der Waals surface area contributed by atoms with Crippen LogP contribution in [0.1, 0.15) is 48.9 Å². The fourth-order valence-electron chi connectivity index (χ4n) is 4.06. The van der Waals surface area contributed by atoms with Crippen molar-refractivity contribution in [3.63, 3.8) is 0 Å². The molecule has 2 heterocycles. The summed E-state index contributed by atoms with van der Waals surface area (Å²) in [6.07, 6.45) is 6.22. The van der Waals surface area contributed by atoms with E-state index in [2.05, 4.69) is 4.98 Å². The molecule has 1 saturated carbocycles. The summed E-state index contributed by atoms with van der Waals surface area (Å²) in [5.41, 5.74) is -0.136. The summed E-state index contributed by atoms with van der Waals surface area (Å²) in [6, 6.07) is 2.23. The van der Waals surface area contributed by atoms with Crippen molar-refractivity contribution in [1.82, 2.24) is 9.88 Å². The van der Waals surface area contributed by atoms with Crippen molar-refractivity contribution >= 4 is 33.5 Å². The summed E-state index contributed by atoms with van der Waals surface area (Å²) in [7, 11) is -3.19. The number of esters is 1. The van der Waals surface area contributed by atoms with E-state index in [1.807, 2.05) is 0 Å². The van der Waals surface area contributed by atoms with Gasteiger partial charge in [0.05, 0.1) is 17.1 Å². The minimum atomic E-state index is -3.19. The Hall–Kier alpha value is -1.75. The minimum absolute atomic E-state index is 0.0395. The molecule has 1 unspecified atom stereocenters. The average molecular weight is 463 g/mol. The van der Waals surface area contributed by atoms with Crippen molar-refractivity contribution in [2.24, 2.45) is 0 Å². The lowest BCUT2D eigenvalue weighted by atomic mass is 9.93. The van der Waals surface area contributed by atoms with Gasteiger partial charge >= 0.3 is 5.97 Å². The molecule has 166 valence electrons. The predicted molar refractivity (Wildman–Crippen MR) is 107 cm³/mol. The number of hydrogen-bond donors (Lipinski definition) is 0. The second-order valence-corrected chi connectivity index (χ2v) is 10.7. The SMILES string of the molecule is O=C(OCC(=O)N(C1CCCCC1)C1CCS(=O)(=O)C1)c1cccnc1SC(F)F. The molecule has 1 aromatic heterocycles. The molecule has 11 heteroatoms. The van der Waals surface area contributed by atoms with Crippen LogP contribution in [0.2, 0.25) is 0 Å². The number of hydrogen-bond acceptors (Lipinski definition) is 7. The fourth-order valence-corrected chi connectivity index (χ4v) is 6.34. The highest BCUT2D eigenvalue weighted by molar-refractivity contribution is 7.99. The van der Waals surface area contributed by atoms with Crippen LogP contribution in [0.5, 0.6) is 0 Å². The maximum atomic E-state index is 13.0. The summed E-state index contributed by atoms with van der Waals surface area (Å²) >= 11 is 0.130. The van der Waals surface area contributed by atoms with Gasteiger partial charge in [0, 0.05) is 18.3 Å². The number of amides is 1. The lowest BCUT2D eigenvalue weighted by molar-refractivity contribution is -0.140. The molecule has 0 spiro atoms. The van der Waals surface area contributed by atoms with Gasteiger partial charge in [0.15, 0.2) is 16.4 Å². The lowest BCUT2D eigenvalue weighted by Crippen LogP contribution is -2.50. The van der Waals surface area contributed by atoms with Crippen LogP contribution >= 0.6 is 11.8 Å². The second kappa shape index (κ2) is 10.0. The van der Waals surface area contributed by atoms with Crippen molar-refractivity contribution in [1.29, 1.82) is 0 Å². The number of nitrogens with zero attached hydrogens (tertiary/aromatic N) is 2. The van der Waals surface area contributed by atoms with Gasteiger partial charge in [0.1, 0.15) is 5.03 Å². The first-order valence-electron chi connectivity index (χ1n) is 9.85. The monoisotopic (exact) mass is 462 g/mol. The molecule has 1 atom stereocenters. The van der Waals surface area contributed by atoms with Crippen LogP contribution < -0.4 is 0 Å². The molecule has 0 N–H and O–H groups in total. The number of carbonyl (C=O) groups is 2. The highest BCUT2D eigenvalue weighted by Crippen LogP contribution is 2.29. The lowest BCUT2D eigenvalue weighted by Gasteiger charge is -2.38. The Labute approximate surface area is 178 Å². The maximum Gasteiger partial charge on any atom is 0.341 e. The number of pyridine rings is 1. The minimum Gasteiger partial charge on any atom is -0.452 e. The van der Waals surface area contributed by atoms with Crippen LogP contribution in [-0.2, 0) is 19.4 Å². The number of aromatic nitrogens is 1. The van der Waals surface area contributed by atoms with Crippen molar-refractivity contribution in [2.75, 3.05) is 18.1 Å². The number of halogens is 2. The van der Waals surface area contributed by atoms with Gasteiger partial charge in [-0.1, -0.05) is 19.3 Å². The van der Waals surface area contributed by atoms with E-state index in [1.165, 1.54) is 18.3 Å². The van der Waals surface area contributed by atoms with Crippen molar-refractivity contribution in [3.05, 3.63) is 23.9 Å². The van der Waals surface area contributed by atoms with Crippen LogP contribution in [-0.4, -0.2) is 66.1 Å². The van der Waals surface area contributed by atoms with E-state index < -0.39 is 40.1 Å². The van der Waals surface area contributed by atoms with Gasteiger partial charge in [0.2, 0.25) is 0 Å². The first-order chi connectivity index (χ1) is 14.3. The second-order valence-electron chi connectivity index (χ2n) is 7.46. The Balaban J connectivity index is 1.69. The van der Waals surface area contributed by atoms with E-state index in [1.54, 1.807) is 4.90 Å². The van der Waals surface area contributed by atoms with Gasteiger partial charge < -0.3 is 9.64 Å². The summed E-state index contributed by atoms with van der Waals surface area (Å²) in [5, 5.41) is -0.170. The molecule has 7 nitrogen and oxygen atoms in total. The molecule has 0 radical (unpaired) electrons. The zero-order valence-corrected chi connectivity index (χ0v) is 18.0. The Morgan fingerprint density at radius 3 is 2.57 bits per heavy atom. The number of carbonyl (C=O) groups excluding carboxylic acids is 2. The van der Waals surface area contributed by atoms with Crippen molar-refractivity contribution < 1.29 is 31.5 Å². The smallest absolute Gasteiger partial charge is 0.341 e. The number of alkyl halides is 2. The molecule has 0 aromatic carbocycles. The van der Waals surface area contributed by atoms with Crippen molar-refractivity contribution in [3.8, 4) is 0 Å². The Kier molecular flexibility index (Phi) is 7.67. The molecule has 3 rings (SSSR count). The number of ether oxygens (including phenoxy) is 1. The van der Waals surface area contributed by atoms with Gasteiger partial charge in [0.25, 0.3) is 11.7 Å². The van der Waals surface area contributed by atoms with Crippen molar-refractivity contribution in [2.45, 2.75) is 61.4 Å². The average Bonchev–Trinajstić information content (AvgIpc) is 3.06. The molecule has 0 bridgehead atoms. The quantitative estimate of drug-likeness (QED) is 0.454. The number of sulfone groups is 1. The third-order valence-corrected chi connectivity index (χ3v) is 7.85. The van der Waals surface area contributed by atoms with E-state index in [0.29, 0.717) is 6.42 Å². The van der Waals surface area contributed by atoms with E-state index in [-0.39, 0.29) is 39.9 Å². The first kappa shape index (κ1) is 22.9. The summed E-state index contributed by atoms with van der Waals surface area (Å²) in [5.74, 6) is -4.16. The molecule has 1 aliphatic carbocycles.